The molecule has 0 spiro atoms. The summed E-state index contributed by atoms with van der Waals surface area (Å²) in [7, 11) is 0. The zero-order valence-electron chi connectivity index (χ0n) is 13.0. The second-order valence-corrected chi connectivity index (χ2v) is 5.58. The average Bonchev–Trinajstić information content (AvgIpc) is 2.58. The van der Waals surface area contributed by atoms with E-state index in [0.717, 1.165) is 0 Å². The number of anilines is 2. The lowest BCUT2D eigenvalue weighted by molar-refractivity contribution is -0.125. The predicted octanol–water partition coefficient (Wildman–Crippen LogP) is -0.00458. The van der Waals surface area contributed by atoms with Crippen molar-refractivity contribution >= 4 is 35.1 Å². The molecule has 0 aliphatic carbocycles. The van der Waals surface area contributed by atoms with Crippen LogP contribution in [-0.2, 0) is 9.59 Å². The van der Waals surface area contributed by atoms with Gasteiger partial charge >= 0.3 is 0 Å². The molecule has 1 aliphatic heterocycles. The van der Waals surface area contributed by atoms with E-state index < -0.39 is 11.5 Å². The summed E-state index contributed by atoms with van der Waals surface area (Å²) in [5.41, 5.74) is 4.93. The molecule has 25 heavy (non-hydrogen) atoms. The van der Waals surface area contributed by atoms with E-state index >= 15 is 0 Å². The first-order valence-electron chi connectivity index (χ1n) is 7.15. The summed E-state index contributed by atoms with van der Waals surface area (Å²) in [6.45, 7) is 1.05. The Balaban J connectivity index is 1.68. The molecule has 0 radical (unpaired) electrons. The van der Waals surface area contributed by atoms with E-state index in [9.17, 15) is 14.4 Å². The predicted molar refractivity (Wildman–Crippen MR) is 88.5 cm³/mol. The van der Waals surface area contributed by atoms with Crippen LogP contribution in [0.3, 0.4) is 0 Å². The van der Waals surface area contributed by atoms with Crippen molar-refractivity contribution in [3.05, 3.63) is 39.3 Å². The maximum absolute atomic E-state index is 12.1. The highest BCUT2D eigenvalue weighted by molar-refractivity contribution is 6.31. The van der Waals surface area contributed by atoms with E-state index in [2.05, 4.69) is 26.0 Å². The minimum absolute atomic E-state index is 0.0271. The van der Waals surface area contributed by atoms with Crippen LogP contribution < -0.4 is 26.0 Å². The normalized spacial score (nSPS) is 13.0. The number of carbonyl (C=O) groups excluding carboxylic acids is 2. The fraction of sp³-hybridized carbons (Fsp3) is 0.214. The number of hydrazine groups is 1. The van der Waals surface area contributed by atoms with Gasteiger partial charge in [-0.2, -0.15) is 0 Å². The fourth-order valence-electron chi connectivity index (χ4n) is 2.11. The van der Waals surface area contributed by atoms with Gasteiger partial charge in [-0.25, -0.2) is 0 Å². The third kappa shape index (κ3) is 3.69. The van der Waals surface area contributed by atoms with Crippen molar-refractivity contribution in [1.29, 1.82) is 0 Å². The van der Waals surface area contributed by atoms with E-state index in [-0.39, 0.29) is 30.7 Å². The number of nitrogens with zero attached hydrogens (tertiary/aromatic N) is 3. The summed E-state index contributed by atoms with van der Waals surface area (Å²) in [6.07, 6.45) is 0. The number of aromatic nitrogens is 3. The molecule has 11 heteroatoms. The molecule has 1 aromatic heterocycles. The van der Waals surface area contributed by atoms with Crippen molar-refractivity contribution in [3.8, 4) is 5.75 Å². The van der Waals surface area contributed by atoms with Gasteiger partial charge in [-0.3, -0.25) is 35.1 Å². The smallest absolute Gasteiger partial charge is 0.274 e. The van der Waals surface area contributed by atoms with Crippen molar-refractivity contribution in [2.24, 2.45) is 0 Å². The van der Waals surface area contributed by atoms with Gasteiger partial charge in [0.05, 0.1) is 5.69 Å². The first-order chi connectivity index (χ1) is 11.9. The summed E-state index contributed by atoms with van der Waals surface area (Å²) in [5.74, 6) is -0.489. The number of aromatic amines is 1. The van der Waals surface area contributed by atoms with Gasteiger partial charge in [0, 0.05) is 5.02 Å². The molecule has 3 rings (SSSR count). The first-order valence-corrected chi connectivity index (χ1v) is 7.53. The number of benzene rings is 1. The topological polar surface area (TPSA) is 129 Å². The monoisotopic (exact) mass is 364 g/mol. The molecular formula is C14H13ClN6O4. The second-order valence-electron chi connectivity index (χ2n) is 5.14. The van der Waals surface area contributed by atoms with Crippen LogP contribution in [0.4, 0.5) is 11.6 Å². The molecule has 0 fully saturated rings. The Kier molecular flexibility index (Phi) is 4.52. The van der Waals surface area contributed by atoms with Crippen LogP contribution in [0.25, 0.3) is 0 Å². The van der Waals surface area contributed by atoms with Crippen molar-refractivity contribution in [3.63, 3.8) is 0 Å². The number of aryl methyl sites for hydroxylation is 1. The van der Waals surface area contributed by atoms with E-state index in [0.29, 0.717) is 16.5 Å². The SMILES string of the molecule is Cc1nnc(NNC(=O)CN2C(=O)COc3ccc(Cl)cc32)[nH]c1=O. The van der Waals surface area contributed by atoms with E-state index in [1.165, 1.54) is 17.9 Å². The highest BCUT2D eigenvalue weighted by atomic mass is 35.5. The highest BCUT2D eigenvalue weighted by Crippen LogP contribution is 2.34. The average molecular weight is 365 g/mol. The Morgan fingerprint density at radius 3 is 2.96 bits per heavy atom. The molecule has 1 aromatic carbocycles. The Hall–Kier alpha value is -3.14. The highest BCUT2D eigenvalue weighted by Gasteiger charge is 2.27. The number of rotatable bonds is 4. The van der Waals surface area contributed by atoms with Gasteiger partial charge in [0.25, 0.3) is 17.4 Å². The lowest BCUT2D eigenvalue weighted by Gasteiger charge is -2.28. The Labute approximate surface area is 146 Å². The maximum atomic E-state index is 12.1. The molecule has 0 unspecified atom stereocenters. The second kappa shape index (κ2) is 6.77. The lowest BCUT2D eigenvalue weighted by atomic mass is 10.2. The minimum Gasteiger partial charge on any atom is -0.482 e. The minimum atomic E-state index is -0.538. The molecule has 2 amide bonds. The number of carbonyl (C=O) groups is 2. The lowest BCUT2D eigenvalue weighted by Crippen LogP contribution is -2.46. The number of amides is 2. The van der Waals surface area contributed by atoms with Gasteiger partial charge < -0.3 is 4.74 Å². The summed E-state index contributed by atoms with van der Waals surface area (Å²) >= 11 is 5.94. The Morgan fingerprint density at radius 1 is 1.40 bits per heavy atom. The van der Waals surface area contributed by atoms with Gasteiger partial charge in [0.15, 0.2) is 6.61 Å². The summed E-state index contributed by atoms with van der Waals surface area (Å²) in [4.78, 5) is 39.2. The molecule has 10 nitrogen and oxygen atoms in total. The van der Waals surface area contributed by atoms with Gasteiger partial charge in [0.2, 0.25) is 5.95 Å². The molecular weight excluding hydrogens is 352 g/mol. The first kappa shape index (κ1) is 16.7. The van der Waals surface area contributed by atoms with Crippen LogP contribution >= 0.6 is 11.6 Å². The zero-order valence-corrected chi connectivity index (χ0v) is 13.8. The number of halogens is 1. The number of nitrogens with one attached hydrogen (secondary N) is 3. The number of hydrogen-bond acceptors (Lipinski definition) is 7. The van der Waals surface area contributed by atoms with Crippen LogP contribution in [0.2, 0.25) is 5.02 Å². The maximum Gasteiger partial charge on any atom is 0.274 e. The number of H-pyrrole nitrogens is 1. The number of ether oxygens (including phenoxy) is 1. The number of fused-ring (bicyclic) bond motifs is 1. The Morgan fingerprint density at radius 2 is 2.20 bits per heavy atom. The quantitative estimate of drug-likeness (QED) is 0.651. The van der Waals surface area contributed by atoms with Gasteiger partial charge in [-0.05, 0) is 25.1 Å². The Bertz CT molecular complexity index is 899. The van der Waals surface area contributed by atoms with E-state index in [1.54, 1.807) is 12.1 Å². The van der Waals surface area contributed by atoms with Gasteiger partial charge in [-0.15, -0.1) is 10.2 Å². The van der Waals surface area contributed by atoms with Crippen molar-refractivity contribution in [2.75, 3.05) is 23.5 Å². The molecule has 2 heterocycles. The molecule has 3 N–H and O–H groups in total. The van der Waals surface area contributed by atoms with Gasteiger partial charge in [0.1, 0.15) is 18.0 Å². The number of hydrogen-bond donors (Lipinski definition) is 3. The van der Waals surface area contributed by atoms with Crippen LogP contribution in [0.5, 0.6) is 5.75 Å². The fourth-order valence-corrected chi connectivity index (χ4v) is 2.28. The van der Waals surface area contributed by atoms with Gasteiger partial charge in [-0.1, -0.05) is 11.6 Å². The van der Waals surface area contributed by atoms with E-state index in [1.807, 2.05) is 0 Å². The summed E-state index contributed by atoms with van der Waals surface area (Å²) in [5, 5.41) is 7.70. The van der Waals surface area contributed by atoms with Crippen molar-refractivity contribution in [1.82, 2.24) is 20.6 Å². The largest absolute Gasteiger partial charge is 0.482 e. The van der Waals surface area contributed by atoms with Crippen LogP contribution in [0.1, 0.15) is 5.69 Å². The zero-order chi connectivity index (χ0) is 18.0. The van der Waals surface area contributed by atoms with Crippen molar-refractivity contribution in [2.45, 2.75) is 6.92 Å². The van der Waals surface area contributed by atoms with Crippen molar-refractivity contribution < 1.29 is 14.3 Å². The van der Waals surface area contributed by atoms with Crippen LogP contribution in [0, 0.1) is 6.92 Å². The molecule has 0 bridgehead atoms. The van der Waals surface area contributed by atoms with Crippen LogP contribution in [0.15, 0.2) is 23.0 Å². The van der Waals surface area contributed by atoms with E-state index in [4.69, 9.17) is 16.3 Å². The summed E-state index contributed by atoms with van der Waals surface area (Å²) < 4.78 is 5.30. The summed E-state index contributed by atoms with van der Waals surface area (Å²) in [6, 6.07) is 4.79. The molecule has 0 saturated heterocycles. The molecule has 0 saturated carbocycles. The standard InChI is InChI=1S/C14H13ClN6O4/c1-7-13(24)16-14(19-17-7)20-18-11(22)5-21-9-4-8(15)2-3-10(9)25-6-12(21)23/h2-4H,5-6H2,1H3,(H,18,22)(H2,16,19,20,24). The molecule has 1 aliphatic rings. The molecule has 0 atom stereocenters. The van der Waals surface area contributed by atoms with Crippen LogP contribution in [-0.4, -0.2) is 40.1 Å². The molecule has 130 valence electrons. The third-order valence-electron chi connectivity index (χ3n) is 3.35. The third-order valence-corrected chi connectivity index (χ3v) is 3.58. The molecule has 2 aromatic rings.